The van der Waals surface area contributed by atoms with Crippen LogP contribution in [0.25, 0.3) is 33.6 Å². The SMILES string of the molecule is O=S1(=O)c2ccccc2N(c2ccccc2)c2c1ccc1c2-c2ccccc2C12c1ccccc1N(c1nc(-c3ccccc3)cc(-c3ccccc3)n1)c1ccccc12. The van der Waals surface area contributed by atoms with Crippen LogP contribution in [0, 0.1) is 0 Å². The second kappa shape index (κ2) is 12.9. The Kier molecular flexibility index (Phi) is 7.43. The monoisotopic (exact) mass is 790 g/mol. The van der Waals surface area contributed by atoms with Gasteiger partial charge in [0, 0.05) is 22.4 Å². The van der Waals surface area contributed by atoms with Gasteiger partial charge in [0.1, 0.15) is 0 Å². The normalized spacial score (nSPS) is 14.7. The van der Waals surface area contributed by atoms with Crippen LogP contribution in [0.15, 0.2) is 216 Å². The van der Waals surface area contributed by atoms with Crippen LogP contribution in [-0.2, 0) is 15.3 Å². The maximum atomic E-state index is 14.8. The molecule has 9 aromatic rings. The van der Waals surface area contributed by atoms with E-state index in [0.29, 0.717) is 22.2 Å². The van der Waals surface area contributed by atoms with Gasteiger partial charge in [-0.25, -0.2) is 18.4 Å². The van der Waals surface area contributed by atoms with E-state index in [1.807, 2.05) is 84.9 Å². The van der Waals surface area contributed by atoms with Gasteiger partial charge in [0.2, 0.25) is 15.8 Å². The first-order valence-electron chi connectivity index (χ1n) is 20.0. The second-order valence-electron chi connectivity index (χ2n) is 15.3. The lowest BCUT2D eigenvalue weighted by Gasteiger charge is -2.44. The summed E-state index contributed by atoms with van der Waals surface area (Å²) in [5, 5.41) is 0. The summed E-state index contributed by atoms with van der Waals surface area (Å²) in [6.45, 7) is 0. The summed E-state index contributed by atoms with van der Waals surface area (Å²) >= 11 is 0. The Morgan fingerprint density at radius 1 is 0.417 bits per heavy atom. The molecule has 6 nitrogen and oxygen atoms in total. The van der Waals surface area contributed by atoms with Gasteiger partial charge in [0.15, 0.2) is 0 Å². The topological polar surface area (TPSA) is 66.4 Å². The summed E-state index contributed by atoms with van der Waals surface area (Å²) in [6.07, 6.45) is 0. The van der Waals surface area contributed by atoms with Crippen molar-refractivity contribution in [3.8, 4) is 33.6 Å². The fourth-order valence-electron chi connectivity index (χ4n) is 9.81. The Morgan fingerprint density at radius 3 is 1.53 bits per heavy atom. The standard InChI is InChI=1S/C53H34N4O2S/c58-60(59)48-31-17-16-30-47(48)56(37-22-8-3-9-23-37)51-49(60)33-32-42-50(51)38-24-10-11-25-39(38)53(42)40-26-12-14-28-45(40)57(46-29-15-13-27-41(46)53)52-54-43(35-18-4-1-5-19-35)34-44(55-52)36-20-6-2-7-21-36/h1-34H. The van der Waals surface area contributed by atoms with Crippen LogP contribution in [0.2, 0.25) is 0 Å². The lowest BCUT2D eigenvalue weighted by Crippen LogP contribution is -2.36. The van der Waals surface area contributed by atoms with Crippen molar-refractivity contribution >= 4 is 44.2 Å². The van der Waals surface area contributed by atoms with Crippen molar-refractivity contribution in [1.82, 2.24) is 9.97 Å². The minimum Gasteiger partial charge on any atom is -0.307 e. The van der Waals surface area contributed by atoms with E-state index >= 15 is 0 Å². The van der Waals surface area contributed by atoms with E-state index in [2.05, 4.69) is 119 Å². The largest absolute Gasteiger partial charge is 0.307 e. The van der Waals surface area contributed by atoms with Crippen LogP contribution < -0.4 is 9.80 Å². The zero-order valence-electron chi connectivity index (χ0n) is 32.1. The van der Waals surface area contributed by atoms with E-state index in [9.17, 15) is 8.42 Å². The summed E-state index contributed by atoms with van der Waals surface area (Å²) in [7, 11) is -3.90. The van der Waals surface area contributed by atoms with Crippen molar-refractivity contribution in [2.45, 2.75) is 15.2 Å². The quantitative estimate of drug-likeness (QED) is 0.177. The number of aromatic nitrogens is 2. The maximum Gasteiger partial charge on any atom is 0.235 e. The zero-order valence-corrected chi connectivity index (χ0v) is 33.0. The molecular formula is C53H34N4O2S. The minimum atomic E-state index is -3.90. The molecule has 0 bridgehead atoms. The van der Waals surface area contributed by atoms with Crippen LogP contribution in [0.1, 0.15) is 22.3 Å². The summed E-state index contributed by atoms with van der Waals surface area (Å²) in [5.41, 5.74) is 13.0. The molecule has 1 aromatic heterocycles. The van der Waals surface area contributed by atoms with Gasteiger partial charge in [-0.05, 0) is 76.3 Å². The summed E-state index contributed by atoms with van der Waals surface area (Å²) < 4.78 is 29.5. The zero-order chi connectivity index (χ0) is 40.0. The summed E-state index contributed by atoms with van der Waals surface area (Å²) in [6, 6.07) is 69.4. The van der Waals surface area contributed by atoms with Gasteiger partial charge in [0.25, 0.3) is 0 Å². The van der Waals surface area contributed by atoms with Crippen LogP contribution in [0.3, 0.4) is 0 Å². The lowest BCUT2D eigenvalue weighted by molar-refractivity contribution is 0.595. The van der Waals surface area contributed by atoms with Crippen molar-refractivity contribution in [3.05, 3.63) is 229 Å². The van der Waals surface area contributed by atoms with Crippen molar-refractivity contribution < 1.29 is 8.42 Å². The molecule has 0 unspecified atom stereocenters. The van der Waals surface area contributed by atoms with E-state index in [4.69, 9.17) is 9.97 Å². The molecule has 3 aliphatic rings. The molecule has 0 saturated heterocycles. The van der Waals surface area contributed by atoms with Gasteiger partial charge in [-0.1, -0.05) is 158 Å². The highest BCUT2D eigenvalue weighted by atomic mass is 32.2. The van der Waals surface area contributed by atoms with Crippen molar-refractivity contribution in [1.29, 1.82) is 0 Å². The summed E-state index contributed by atoms with van der Waals surface area (Å²) in [5.74, 6) is 0.555. The fraction of sp³-hybridized carbons (Fsp3) is 0.0189. The molecular weight excluding hydrogens is 757 g/mol. The highest BCUT2D eigenvalue weighted by Gasteiger charge is 2.54. The molecule has 1 aliphatic carbocycles. The molecule has 8 aromatic carbocycles. The van der Waals surface area contributed by atoms with Crippen LogP contribution in [0.5, 0.6) is 0 Å². The van der Waals surface area contributed by atoms with Gasteiger partial charge in [-0.3, -0.25) is 4.90 Å². The smallest absolute Gasteiger partial charge is 0.235 e. The molecule has 1 spiro atoms. The van der Waals surface area contributed by atoms with Crippen molar-refractivity contribution in [3.63, 3.8) is 0 Å². The molecule has 0 saturated carbocycles. The summed E-state index contributed by atoms with van der Waals surface area (Å²) in [4.78, 5) is 15.6. The first-order valence-corrected chi connectivity index (χ1v) is 21.5. The van der Waals surface area contributed by atoms with Crippen LogP contribution in [-0.4, -0.2) is 18.4 Å². The van der Waals surface area contributed by atoms with E-state index < -0.39 is 15.3 Å². The number of anilines is 6. The molecule has 0 radical (unpaired) electrons. The number of sulfone groups is 1. The average molecular weight is 791 g/mol. The molecule has 0 N–H and O–H groups in total. The number of para-hydroxylation sites is 4. The molecule has 0 atom stereocenters. The number of benzene rings is 8. The fourth-order valence-corrected chi connectivity index (χ4v) is 11.4. The molecule has 0 fully saturated rings. The van der Waals surface area contributed by atoms with Crippen LogP contribution >= 0.6 is 0 Å². The van der Waals surface area contributed by atoms with Gasteiger partial charge < -0.3 is 4.90 Å². The number of fused-ring (bicyclic) bond motifs is 12. The molecule has 12 rings (SSSR count). The predicted molar refractivity (Wildman–Crippen MR) is 239 cm³/mol. The van der Waals surface area contributed by atoms with Crippen molar-refractivity contribution in [2.75, 3.05) is 9.80 Å². The third-order valence-corrected chi connectivity index (χ3v) is 14.1. The van der Waals surface area contributed by atoms with Crippen molar-refractivity contribution in [2.24, 2.45) is 0 Å². The predicted octanol–water partition coefficient (Wildman–Crippen LogP) is 12.6. The van der Waals surface area contributed by atoms with Gasteiger partial charge >= 0.3 is 0 Å². The maximum absolute atomic E-state index is 14.8. The molecule has 3 heterocycles. The number of nitrogens with zero attached hydrogens (tertiary/aromatic N) is 4. The molecule has 0 amide bonds. The van der Waals surface area contributed by atoms with E-state index in [-0.39, 0.29) is 4.90 Å². The van der Waals surface area contributed by atoms with Gasteiger partial charge in [-0.2, -0.15) is 0 Å². The van der Waals surface area contributed by atoms with E-state index in [1.165, 1.54) is 0 Å². The number of rotatable bonds is 4. The minimum absolute atomic E-state index is 0.286. The van der Waals surface area contributed by atoms with Crippen LogP contribution in [0.4, 0.5) is 34.4 Å². The third-order valence-electron chi connectivity index (χ3n) is 12.2. The Hall–Kier alpha value is -7.61. The third kappa shape index (κ3) is 4.72. The molecule has 2 aliphatic heterocycles. The lowest BCUT2D eigenvalue weighted by atomic mass is 9.64. The Balaban J connectivity index is 1.17. The first kappa shape index (κ1) is 34.4. The molecule has 60 heavy (non-hydrogen) atoms. The van der Waals surface area contributed by atoms with E-state index in [1.54, 1.807) is 12.1 Å². The highest BCUT2D eigenvalue weighted by molar-refractivity contribution is 7.92. The van der Waals surface area contributed by atoms with Gasteiger partial charge in [-0.15, -0.1) is 0 Å². The number of hydrogen-bond donors (Lipinski definition) is 0. The average Bonchev–Trinajstić information content (AvgIpc) is 3.61. The Morgan fingerprint density at radius 2 is 0.917 bits per heavy atom. The molecule has 7 heteroatoms. The number of hydrogen-bond acceptors (Lipinski definition) is 6. The van der Waals surface area contributed by atoms with E-state index in [0.717, 1.165) is 73.0 Å². The Labute approximate surface area is 348 Å². The Bertz CT molecular complexity index is 3190. The second-order valence-corrected chi connectivity index (χ2v) is 17.2. The molecule has 284 valence electrons. The highest BCUT2D eigenvalue weighted by Crippen LogP contribution is 2.66. The first-order chi connectivity index (χ1) is 29.5. The van der Waals surface area contributed by atoms with Gasteiger partial charge in [0.05, 0.1) is 49.3 Å².